The summed E-state index contributed by atoms with van der Waals surface area (Å²) in [5.41, 5.74) is 2.09. The molecule has 32 heavy (non-hydrogen) atoms. The number of esters is 1. The molecule has 0 spiro atoms. The first-order valence-electron chi connectivity index (χ1n) is 9.78. The van der Waals surface area contributed by atoms with Crippen molar-refractivity contribution in [2.45, 2.75) is 19.9 Å². The number of aryl methyl sites for hydroxylation is 1. The van der Waals surface area contributed by atoms with Gasteiger partial charge in [-0.05, 0) is 19.1 Å². The third-order valence-electron chi connectivity index (χ3n) is 4.57. The highest BCUT2D eigenvalue weighted by atomic mass is 35.5. The molecule has 0 atom stereocenters. The summed E-state index contributed by atoms with van der Waals surface area (Å²) in [6.45, 7) is 2.06. The van der Waals surface area contributed by atoms with Crippen LogP contribution < -0.4 is 11.1 Å². The average molecular weight is 472 g/mol. The Morgan fingerprint density at radius 3 is 2.75 bits per heavy atom. The number of carbonyl (C=O) groups is 2. The molecule has 0 saturated heterocycles. The summed E-state index contributed by atoms with van der Waals surface area (Å²) in [6, 6.07) is 14.0. The van der Waals surface area contributed by atoms with Crippen LogP contribution in [-0.2, 0) is 16.1 Å². The SMILES string of the molecule is CCOC(=O)c1sc(NC(=O)CCn2c(=O)oc3cc(Cl)ccc32)nc1-c1ccccc1. The summed E-state index contributed by atoms with van der Waals surface area (Å²) in [6.07, 6.45) is 0.00611. The van der Waals surface area contributed by atoms with Gasteiger partial charge in [0.15, 0.2) is 10.7 Å². The van der Waals surface area contributed by atoms with Gasteiger partial charge in [0.2, 0.25) is 5.91 Å². The molecular formula is C22H18ClN3O5S. The molecule has 2 heterocycles. The van der Waals surface area contributed by atoms with Crippen molar-refractivity contribution in [3.63, 3.8) is 0 Å². The van der Waals surface area contributed by atoms with E-state index in [2.05, 4.69) is 10.3 Å². The molecule has 8 nitrogen and oxygen atoms in total. The number of hydrogen-bond donors (Lipinski definition) is 1. The summed E-state index contributed by atoms with van der Waals surface area (Å²) in [4.78, 5) is 41.8. The van der Waals surface area contributed by atoms with Crippen LogP contribution in [0.3, 0.4) is 0 Å². The Hall–Kier alpha value is -3.43. The van der Waals surface area contributed by atoms with Crippen LogP contribution in [0, 0.1) is 0 Å². The number of rotatable bonds is 7. The number of benzene rings is 2. The van der Waals surface area contributed by atoms with E-state index in [1.165, 1.54) is 4.57 Å². The number of carbonyl (C=O) groups excluding carboxylic acids is 2. The van der Waals surface area contributed by atoms with Crippen molar-refractivity contribution in [2.75, 3.05) is 11.9 Å². The molecule has 1 N–H and O–H groups in total. The Balaban J connectivity index is 1.52. The van der Waals surface area contributed by atoms with Gasteiger partial charge in [-0.25, -0.2) is 14.6 Å². The van der Waals surface area contributed by atoms with Crippen molar-refractivity contribution in [1.29, 1.82) is 0 Å². The van der Waals surface area contributed by atoms with Gasteiger partial charge in [0.05, 0.1) is 17.8 Å². The molecule has 0 unspecified atom stereocenters. The van der Waals surface area contributed by atoms with Crippen LogP contribution in [0.1, 0.15) is 23.0 Å². The van der Waals surface area contributed by atoms with Crippen molar-refractivity contribution in [3.05, 3.63) is 69.0 Å². The number of hydrogen-bond acceptors (Lipinski definition) is 7. The zero-order chi connectivity index (χ0) is 22.7. The van der Waals surface area contributed by atoms with Gasteiger partial charge >= 0.3 is 11.7 Å². The molecule has 4 rings (SSSR count). The quantitative estimate of drug-likeness (QED) is 0.396. The van der Waals surface area contributed by atoms with Crippen molar-refractivity contribution in [1.82, 2.24) is 9.55 Å². The van der Waals surface area contributed by atoms with E-state index in [0.717, 1.165) is 16.9 Å². The molecule has 10 heteroatoms. The third kappa shape index (κ3) is 4.58. The van der Waals surface area contributed by atoms with Crippen molar-refractivity contribution in [2.24, 2.45) is 0 Å². The Morgan fingerprint density at radius 2 is 2.00 bits per heavy atom. The summed E-state index contributed by atoms with van der Waals surface area (Å²) >= 11 is 6.97. The average Bonchev–Trinajstić information content (AvgIpc) is 3.33. The molecule has 0 bridgehead atoms. The number of fused-ring (bicyclic) bond motifs is 1. The summed E-state index contributed by atoms with van der Waals surface area (Å²) in [7, 11) is 0. The highest BCUT2D eigenvalue weighted by Gasteiger charge is 2.21. The predicted octanol–water partition coefficient (Wildman–Crippen LogP) is 4.58. The van der Waals surface area contributed by atoms with Crippen LogP contribution in [0.4, 0.5) is 5.13 Å². The lowest BCUT2D eigenvalue weighted by molar-refractivity contribution is -0.116. The Kier molecular flexibility index (Phi) is 6.38. The van der Waals surface area contributed by atoms with Gasteiger partial charge in [0.25, 0.3) is 0 Å². The highest BCUT2D eigenvalue weighted by molar-refractivity contribution is 7.18. The van der Waals surface area contributed by atoms with E-state index in [4.69, 9.17) is 20.8 Å². The molecule has 0 aliphatic carbocycles. The summed E-state index contributed by atoms with van der Waals surface area (Å²) in [5.74, 6) is -1.43. The molecule has 0 radical (unpaired) electrons. The number of nitrogens with one attached hydrogen (secondary N) is 1. The minimum atomic E-state index is -0.569. The molecule has 0 aliphatic rings. The van der Waals surface area contributed by atoms with Crippen LogP contribution in [0.15, 0.2) is 57.7 Å². The lowest BCUT2D eigenvalue weighted by Gasteiger charge is -2.03. The Morgan fingerprint density at radius 1 is 1.22 bits per heavy atom. The highest BCUT2D eigenvalue weighted by Crippen LogP contribution is 2.32. The fraction of sp³-hybridized carbons (Fsp3) is 0.182. The van der Waals surface area contributed by atoms with E-state index < -0.39 is 11.7 Å². The molecular weight excluding hydrogens is 454 g/mol. The van der Waals surface area contributed by atoms with Crippen molar-refractivity contribution in [3.8, 4) is 11.3 Å². The number of aromatic nitrogens is 2. The molecule has 164 valence electrons. The van der Waals surface area contributed by atoms with E-state index in [9.17, 15) is 14.4 Å². The minimum Gasteiger partial charge on any atom is -0.462 e. The maximum atomic E-state index is 12.5. The van der Waals surface area contributed by atoms with E-state index >= 15 is 0 Å². The maximum Gasteiger partial charge on any atom is 0.419 e. The maximum absolute atomic E-state index is 12.5. The van der Waals surface area contributed by atoms with Gasteiger partial charge in [0, 0.05) is 29.6 Å². The van der Waals surface area contributed by atoms with E-state index in [-0.39, 0.29) is 30.6 Å². The van der Waals surface area contributed by atoms with Gasteiger partial charge in [-0.15, -0.1) is 0 Å². The third-order valence-corrected chi connectivity index (χ3v) is 5.76. The topological polar surface area (TPSA) is 103 Å². The van der Waals surface area contributed by atoms with Crippen molar-refractivity contribution >= 4 is 51.0 Å². The zero-order valence-electron chi connectivity index (χ0n) is 17.0. The second-order valence-electron chi connectivity index (χ2n) is 6.71. The van der Waals surface area contributed by atoms with Crippen LogP contribution in [-0.4, -0.2) is 28.0 Å². The second-order valence-corrected chi connectivity index (χ2v) is 8.15. The molecule has 4 aromatic rings. The van der Waals surface area contributed by atoms with Gasteiger partial charge in [-0.3, -0.25) is 9.36 Å². The zero-order valence-corrected chi connectivity index (χ0v) is 18.5. The number of halogens is 1. The van der Waals surface area contributed by atoms with Crippen molar-refractivity contribution < 1.29 is 18.7 Å². The fourth-order valence-electron chi connectivity index (χ4n) is 3.15. The first kappa shape index (κ1) is 21.8. The van der Waals surface area contributed by atoms with Gasteiger partial charge < -0.3 is 14.5 Å². The molecule has 0 saturated carbocycles. The largest absolute Gasteiger partial charge is 0.462 e. The van der Waals surface area contributed by atoms with Crippen LogP contribution in [0.5, 0.6) is 0 Å². The molecule has 1 amide bonds. The molecule has 2 aromatic carbocycles. The number of anilines is 1. The first-order valence-corrected chi connectivity index (χ1v) is 11.0. The number of thiazole rings is 1. The number of oxazole rings is 1. The van der Waals surface area contributed by atoms with Gasteiger partial charge in [0.1, 0.15) is 4.88 Å². The van der Waals surface area contributed by atoms with Gasteiger partial charge in [-0.2, -0.15) is 0 Å². The number of ether oxygens (including phenoxy) is 1. The molecule has 0 aliphatic heterocycles. The smallest absolute Gasteiger partial charge is 0.419 e. The molecule has 0 fully saturated rings. The monoisotopic (exact) mass is 471 g/mol. The summed E-state index contributed by atoms with van der Waals surface area (Å²) < 4.78 is 11.7. The Bertz CT molecular complexity index is 1340. The fourth-order valence-corrected chi connectivity index (χ4v) is 4.21. The number of amides is 1. The van der Waals surface area contributed by atoms with Crippen LogP contribution >= 0.6 is 22.9 Å². The minimum absolute atomic E-state index is 0.00611. The first-order chi connectivity index (χ1) is 15.5. The second kappa shape index (κ2) is 9.37. The lowest BCUT2D eigenvalue weighted by atomic mass is 10.1. The number of nitrogens with zero attached hydrogens (tertiary/aromatic N) is 2. The van der Waals surface area contributed by atoms with E-state index in [1.807, 2.05) is 30.3 Å². The summed E-state index contributed by atoms with van der Waals surface area (Å²) in [5, 5.41) is 3.42. The lowest BCUT2D eigenvalue weighted by Crippen LogP contribution is -2.19. The van der Waals surface area contributed by atoms with Crippen LogP contribution in [0.25, 0.3) is 22.4 Å². The standard InChI is InChI=1S/C22H18ClN3O5S/c1-2-30-20(28)19-18(13-6-4-3-5-7-13)25-21(32-19)24-17(27)10-11-26-15-9-8-14(23)12-16(15)31-22(26)29/h3-9,12H,2,10-11H2,1H3,(H,24,25,27). The van der Waals surface area contributed by atoms with E-state index in [1.54, 1.807) is 25.1 Å². The Labute approximate surface area is 191 Å². The van der Waals surface area contributed by atoms with E-state index in [0.29, 0.717) is 26.7 Å². The molecule has 2 aromatic heterocycles. The predicted molar refractivity (Wildman–Crippen MR) is 122 cm³/mol. The van der Waals surface area contributed by atoms with Gasteiger partial charge in [-0.1, -0.05) is 53.3 Å². The van der Waals surface area contributed by atoms with Crippen LogP contribution in [0.2, 0.25) is 5.02 Å². The normalized spacial score (nSPS) is 10.9.